The van der Waals surface area contributed by atoms with Crippen molar-refractivity contribution in [1.82, 2.24) is 0 Å². The summed E-state index contributed by atoms with van der Waals surface area (Å²) in [6.45, 7) is 5.85. The fourth-order valence-electron chi connectivity index (χ4n) is 4.65. The van der Waals surface area contributed by atoms with Crippen LogP contribution in [-0.2, 0) is 9.84 Å². The number of benzene rings is 4. The molecule has 49 heavy (non-hydrogen) atoms. The van der Waals surface area contributed by atoms with Crippen molar-refractivity contribution in [2.75, 3.05) is 23.7 Å². The lowest BCUT2D eigenvalue weighted by atomic mass is 10.0. The molecule has 7 nitrogen and oxygen atoms in total. The number of halogens is 9. The minimum absolute atomic E-state index is 0.0848. The maximum absolute atomic E-state index is 13.9. The van der Waals surface area contributed by atoms with Gasteiger partial charge in [0.1, 0.15) is 0 Å². The average molecular weight is 718 g/mol. The van der Waals surface area contributed by atoms with E-state index in [9.17, 15) is 47.9 Å². The van der Waals surface area contributed by atoms with Crippen LogP contribution in [-0.4, -0.2) is 51.2 Å². The zero-order chi connectivity index (χ0) is 36.3. The Balaban J connectivity index is 1.48. The first-order valence-corrected chi connectivity index (χ1v) is 16.2. The van der Waals surface area contributed by atoms with Crippen molar-refractivity contribution < 1.29 is 47.9 Å². The number of azo groups is 2. The van der Waals surface area contributed by atoms with Gasteiger partial charge < -0.3 is 4.90 Å². The molecule has 0 saturated heterocycles. The van der Waals surface area contributed by atoms with Gasteiger partial charge in [0.15, 0.2) is 9.84 Å². The first kappa shape index (κ1) is 37.3. The van der Waals surface area contributed by atoms with Gasteiger partial charge in [-0.25, -0.2) is 8.42 Å². The molecule has 0 fully saturated rings. The van der Waals surface area contributed by atoms with E-state index in [0.717, 1.165) is 43.0 Å². The topological polar surface area (TPSA) is 86.8 Å². The molecule has 4 rings (SSSR count). The van der Waals surface area contributed by atoms with Crippen molar-refractivity contribution in [3.8, 4) is 0 Å². The number of fused-ring (bicyclic) bond motifs is 1. The summed E-state index contributed by atoms with van der Waals surface area (Å²) in [6.07, 6.45) is -9.50. The van der Waals surface area contributed by atoms with Gasteiger partial charge in [0, 0.05) is 36.0 Å². The predicted molar refractivity (Wildman–Crippen MR) is 166 cm³/mol. The van der Waals surface area contributed by atoms with E-state index in [0.29, 0.717) is 27.8 Å². The van der Waals surface area contributed by atoms with Gasteiger partial charge in [-0.2, -0.15) is 49.7 Å². The highest BCUT2D eigenvalue weighted by Gasteiger charge is 2.81. The van der Waals surface area contributed by atoms with Crippen molar-refractivity contribution in [1.29, 1.82) is 0 Å². The smallest absolute Gasteiger partial charge is 0.372 e. The molecule has 0 amide bonds. The molecule has 0 aliphatic heterocycles. The number of rotatable bonds is 13. The highest BCUT2D eigenvalue weighted by molar-refractivity contribution is 7.91. The van der Waals surface area contributed by atoms with Crippen molar-refractivity contribution in [2.24, 2.45) is 20.5 Å². The third-order valence-corrected chi connectivity index (χ3v) is 9.23. The lowest BCUT2D eigenvalue weighted by Gasteiger charge is -2.33. The van der Waals surface area contributed by atoms with E-state index in [-0.39, 0.29) is 5.69 Å². The zero-order valence-electron chi connectivity index (χ0n) is 25.8. The number of nitrogens with zero attached hydrogens (tertiary/aromatic N) is 5. The van der Waals surface area contributed by atoms with E-state index in [2.05, 4.69) is 39.2 Å². The summed E-state index contributed by atoms with van der Waals surface area (Å²) in [5.41, 5.74) is 2.73. The van der Waals surface area contributed by atoms with Crippen LogP contribution in [0, 0.1) is 0 Å². The minimum Gasteiger partial charge on any atom is -0.372 e. The molecule has 0 radical (unpaired) electrons. The van der Waals surface area contributed by atoms with Crippen LogP contribution >= 0.6 is 0 Å². The lowest BCUT2D eigenvalue weighted by molar-refractivity contribution is -0.396. The predicted octanol–water partition coefficient (Wildman–Crippen LogP) is 11.1. The normalized spacial score (nSPS) is 13.5. The Kier molecular flexibility index (Phi) is 10.8. The molecular weight excluding hydrogens is 689 g/mol. The summed E-state index contributed by atoms with van der Waals surface area (Å²) in [6, 6.07) is 22.0. The Morgan fingerprint density at radius 3 is 1.47 bits per heavy atom. The summed E-state index contributed by atoms with van der Waals surface area (Å²) in [5.74, 6) is -21.9. The summed E-state index contributed by atoms with van der Waals surface area (Å²) in [5, 5.41) is 18.3. The minimum atomic E-state index is -7.10. The van der Waals surface area contributed by atoms with Gasteiger partial charge in [-0.1, -0.05) is 24.3 Å². The molecule has 0 unspecified atom stereocenters. The standard InChI is InChI=1S/C32H28F9N5O2S/c1-3-46(4-2)23-13-9-21(10-14-23)42-44-27-17-18-28(26-8-6-5-7-25(26)27)45-43-22-11-15-24(16-12-22)49(47,48)20-19-29(33,34)30(35,36)31(37,38)32(39,40)41/h5-18H,3-4,19-20H2,1-2H3. The summed E-state index contributed by atoms with van der Waals surface area (Å²) in [7, 11) is -4.82. The van der Waals surface area contributed by atoms with Gasteiger partial charge in [-0.3, -0.25) is 0 Å². The fourth-order valence-corrected chi connectivity index (χ4v) is 5.96. The van der Waals surface area contributed by atoms with Crippen LogP contribution in [0.1, 0.15) is 20.3 Å². The van der Waals surface area contributed by atoms with Gasteiger partial charge in [0.2, 0.25) is 0 Å². The Morgan fingerprint density at radius 2 is 1.04 bits per heavy atom. The van der Waals surface area contributed by atoms with Gasteiger partial charge in [-0.15, -0.1) is 10.2 Å². The number of hydrogen-bond donors (Lipinski definition) is 0. The molecule has 0 heterocycles. The first-order chi connectivity index (χ1) is 22.8. The van der Waals surface area contributed by atoms with Crippen LogP contribution in [0.4, 0.5) is 68.0 Å². The molecule has 4 aromatic rings. The van der Waals surface area contributed by atoms with E-state index in [1.54, 1.807) is 36.4 Å². The van der Waals surface area contributed by atoms with Crippen molar-refractivity contribution in [3.63, 3.8) is 0 Å². The second-order valence-electron chi connectivity index (χ2n) is 10.7. The van der Waals surface area contributed by atoms with E-state index < -0.39 is 50.9 Å². The third-order valence-electron chi connectivity index (χ3n) is 7.49. The van der Waals surface area contributed by atoms with Crippen LogP contribution in [0.25, 0.3) is 10.8 Å². The highest BCUT2D eigenvalue weighted by atomic mass is 32.2. The molecule has 0 N–H and O–H groups in total. The lowest BCUT2D eigenvalue weighted by Crippen LogP contribution is -2.61. The molecular formula is C32H28F9N5O2S. The number of sulfone groups is 1. The Morgan fingerprint density at radius 1 is 0.592 bits per heavy atom. The average Bonchev–Trinajstić information content (AvgIpc) is 3.06. The highest BCUT2D eigenvalue weighted by Crippen LogP contribution is 2.54. The van der Waals surface area contributed by atoms with Gasteiger partial charge in [0.05, 0.1) is 33.4 Å². The van der Waals surface area contributed by atoms with Crippen LogP contribution in [0.5, 0.6) is 0 Å². The maximum atomic E-state index is 13.9. The molecule has 0 aromatic heterocycles. The van der Waals surface area contributed by atoms with Crippen LogP contribution in [0.3, 0.4) is 0 Å². The van der Waals surface area contributed by atoms with Gasteiger partial charge >= 0.3 is 23.9 Å². The molecule has 0 aliphatic rings. The van der Waals surface area contributed by atoms with Gasteiger partial charge in [-0.05, 0) is 74.5 Å². The van der Waals surface area contributed by atoms with E-state index in [1.165, 1.54) is 0 Å². The molecule has 0 saturated carbocycles. The number of alkyl halides is 9. The Labute approximate surface area is 275 Å². The number of hydrogen-bond acceptors (Lipinski definition) is 7. The summed E-state index contributed by atoms with van der Waals surface area (Å²) < 4.78 is 143. The molecule has 0 aliphatic carbocycles. The molecule has 262 valence electrons. The molecule has 17 heteroatoms. The molecule has 4 aromatic carbocycles. The number of anilines is 1. The third kappa shape index (κ3) is 7.86. The summed E-state index contributed by atoms with van der Waals surface area (Å²) >= 11 is 0. The van der Waals surface area contributed by atoms with E-state index in [4.69, 9.17) is 0 Å². The van der Waals surface area contributed by atoms with Crippen molar-refractivity contribution in [2.45, 2.75) is 49.1 Å². The first-order valence-electron chi connectivity index (χ1n) is 14.6. The second kappa shape index (κ2) is 14.1. The van der Waals surface area contributed by atoms with Crippen molar-refractivity contribution >= 4 is 49.0 Å². The molecule has 0 spiro atoms. The largest absolute Gasteiger partial charge is 0.460 e. The van der Waals surface area contributed by atoms with E-state index >= 15 is 0 Å². The quantitative estimate of drug-likeness (QED) is 0.102. The second-order valence-corrected chi connectivity index (χ2v) is 12.8. The molecule has 0 atom stereocenters. The van der Waals surface area contributed by atoms with E-state index in [1.807, 2.05) is 24.3 Å². The monoisotopic (exact) mass is 717 g/mol. The van der Waals surface area contributed by atoms with Crippen LogP contribution in [0.2, 0.25) is 0 Å². The Bertz CT molecular complexity index is 1930. The van der Waals surface area contributed by atoms with Crippen LogP contribution < -0.4 is 4.90 Å². The SMILES string of the molecule is CCN(CC)c1ccc(N=Nc2ccc(N=Nc3ccc(S(=O)(=O)CCC(F)(F)C(F)(F)C(F)(F)C(F)(F)F)cc3)c3ccccc23)cc1. The Hall–Kier alpha value is -4.54. The summed E-state index contributed by atoms with van der Waals surface area (Å²) in [4.78, 5) is 1.51. The van der Waals surface area contributed by atoms with Crippen LogP contribution in [0.15, 0.2) is 110 Å². The fraction of sp³-hybridized carbons (Fsp3) is 0.312. The van der Waals surface area contributed by atoms with Crippen molar-refractivity contribution in [3.05, 3.63) is 84.9 Å². The van der Waals surface area contributed by atoms with Gasteiger partial charge in [0.25, 0.3) is 0 Å². The zero-order valence-corrected chi connectivity index (χ0v) is 26.6. The molecule has 0 bridgehead atoms. The maximum Gasteiger partial charge on any atom is 0.460 e.